The van der Waals surface area contributed by atoms with E-state index >= 15 is 0 Å². The number of hydrogen-bond acceptors (Lipinski definition) is 6. The topological polar surface area (TPSA) is 119 Å². The lowest BCUT2D eigenvalue weighted by atomic mass is 10.2. The lowest BCUT2D eigenvalue weighted by molar-refractivity contribution is 0.111. The molecule has 2 amide bonds. The van der Waals surface area contributed by atoms with Gasteiger partial charge in [-0.3, -0.25) is 15.0 Å². The highest BCUT2D eigenvalue weighted by molar-refractivity contribution is 6.32. The van der Waals surface area contributed by atoms with Crippen molar-refractivity contribution in [3.05, 3.63) is 46.2 Å². The van der Waals surface area contributed by atoms with E-state index in [9.17, 15) is 9.59 Å². The predicted molar refractivity (Wildman–Crippen MR) is 86.9 cm³/mol. The third kappa shape index (κ3) is 3.65. The number of aromatic nitrogens is 2. The van der Waals surface area contributed by atoms with E-state index < -0.39 is 6.03 Å². The van der Waals surface area contributed by atoms with Crippen LogP contribution in [-0.4, -0.2) is 34.4 Å². The lowest BCUT2D eigenvalue weighted by Gasteiger charge is -2.17. The van der Waals surface area contributed by atoms with Crippen molar-refractivity contribution < 1.29 is 14.7 Å². The number of urea groups is 1. The highest BCUT2D eigenvalue weighted by Crippen LogP contribution is 2.19. The zero-order valence-corrected chi connectivity index (χ0v) is 13.3. The van der Waals surface area contributed by atoms with Crippen LogP contribution < -0.4 is 10.2 Å². The van der Waals surface area contributed by atoms with Crippen molar-refractivity contribution in [1.29, 1.82) is 5.26 Å². The minimum atomic E-state index is -0.565. The standard InChI is InChI=1S/C15H12ClN5O3/c1-21(14-3-2-9(7-22)12(8-23)19-14)15(24)20-13-4-11(16)10(5-17)6-18-13/h2-4,6,8,22H,7H2,1H3,(H,18,20,24). The number of carbonyl (C=O) groups is 2. The van der Waals surface area contributed by atoms with Crippen LogP contribution in [0.4, 0.5) is 16.4 Å². The maximum Gasteiger partial charge on any atom is 0.328 e. The van der Waals surface area contributed by atoms with E-state index in [0.29, 0.717) is 11.8 Å². The van der Waals surface area contributed by atoms with Crippen molar-refractivity contribution in [3.8, 4) is 6.07 Å². The van der Waals surface area contributed by atoms with Crippen LogP contribution in [0.15, 0.2) is 24.4 Å². The second kappa shape index (κ2) is 7.50. The molecule has 0 radical (unpaired) electrons. The van der Waals surface area contributed by atoms with Crippen LogP contribution in [0.25, 0.3) is 0 Å². The Labute approximate surface area is 142 Å². The number of rotatable bonds is 4. The molecule has 0 atom stereocenters. The molecule has 0 fully saturated rings. The van der Waals surface area contributed by atoms with E-state index in [1.165, 1.54) is 36.3 Å². The second-order valence-electron chi connectivity index (χ2n) is 4.64. The number of nitrogens with zero attached hydrogens (tertiary/aromatic N) is 4. The van der Waals surface area contributed by atoms with Crippen molar-refractivity contribution in [1.82, 2.24) is 9.97 Å². The third-order valence-electron chi connectivity index (χ3n) is 3.14. The number of amides is 2. The number of aldehydes is 1. The smallest absolute Gasteiger partial charge is 0.328 e. The molecule has 0 aliphatic heterocycles. The molecule has 0 saturated heterocycles. The quantitative estimate of drug-likeness (QED) is 0.817. The first kappa shape index (κ1) is 17.3. The zero-order valence-electron chi connectivity index (χ0n) is 12.5. The first-order chi connectivity index (χ1) is 11.5. The molecule has 0 saturated carbocycles. The van der Waals surface area contributed by atoms with Gasteiger partial charge in [0.2, 0.25) is 0 Å². The van der Waals surface area contributed by atoms with Crippen molar-refractivity contribution in [2.24, 2.45) is 0 Å². The molecule has 24 heavy (non-hydrogen) atoms. The molecule has 2 heterocycles. The molecular weight excluding hydrogens is 334 g/mol. The fourth-order valence-electron chi connectivity index (χ4n) is 1.79. The van der Waals surface area contributed by atoms with Gasteiger partial charge >= 0.3 is 6.03 Å². The van der Waals surface area contributed by atoms with Crippen LogP contribution in [0.5, 0.6) is 0 Å². The van der Waals surface area contributed by atoms with Gasteiger partial charge in [-0.2, -0.15) is 5.26 Å². The number of nitriles is 1. The molecule has 9 heteroatoms. The Morgan fingerprint density at radius 2 is 2.29 bits per heavy atom. The first-order valence-electron chi connectivity index (χ1n) is 6.66. The van der Waals surface area contributed by atoms with Gasteiger partial charge in [-0.05, 0) is 6.07 Å². The SMILES string of the molecule is CN(C(=O)Nc1cc(Cl)c(C#N)cn1)c1ccc(CO)c(C=O)n1. The molecule has 0 spiro atoms. The molecule has 0 aliphatic carbocycles. The number of anilines is 2. The summed E-state index contributed by atoms with van der Waals surface area (Å²) in [7, 11) is 1.45. The normalized spacial score (nSPS) is 9.92. The molecule has 2 rings (SSSR count). The van der Waals surface area contributed by atoms with E-state index in [4.69, 9.17) is 22.0 Å². The predicted octanol–water partition coefficient (Wildman–Crippen LogP) is 1.97. The number of pyridine rings is 2. The molecule has 0 bridgehead atoms. The zero-order chi connectivity index (χ0) is 17.7. The van der Waals surface area contributed by atoms with Gasteiger partial charge in [0, 0.05) is 24.9 Å². The molecule has 2 aromatic heterocycles. The van der Waals surface area contributed by atoms with Gasteiger partial charge in [-0.25, -0.2) is 14.8 Å². The maximum absolute atomic E-state index is 12.2. The summed E-state index contributed by atoms with van der Waals surface area (Å²) in [6.45, 7) is -0.328. The maximum atomic E-state index is 12.2. The first-order valence-corrected chi connectivity index (χ1v) is 7.04. The van der Waals surface area contributed by atoms with Gasteiger partial charge in [0.15, 0.2) is 6.29 Å². The van der Waals surface area contributed by atoms with Crippen LogP contribution in [0.3, 0.4) is 0 Å². The fraction of sp³-hybridized carbons (Fsp3) is 0.133. The molecular formula is C15H12ClN5O3. The number of aliphatic hydroxyl groups excluding tert-OH is 1. The summed E-state index contributed by atoms with van der Waals surface area (Å²) >= 11 is 5.88. The molecule has 0 aromatic carbocycles. The summed E-state index contributed by atoms with van der Waals surface area (Å²) in [5, 5.41) is 20.6. The Bertz CT molecular complexity index is 834. The summed E-state index contributed by atoms with van der Waals surface area (Å²) < 4.78 is 0. The van der Waals surface area contributed by atoms with Crippen LogP contribution in [-0.2, 0) is 6.61 Å². The molecule has 2 N–H and O–H groups in total. The van der Waals surface area contributed by atoms with Crippen LogP contribution in [0.1, 0.15) is 21.6 Å². The molecule has 2 aromatic rings. The summed E-state index contributed by atoms with van der Waals surface area (Å²) in [5.41, 5.74) is 0.609. The Morgan fingerprint density at radius 3 is 2.88 bits per heavy atom. The van der Waals surface area contributed by atoms with Crippen molar-refractivity contribution >= 4 is 35.6 Å². The van der Waals surface area contributed by atoms with Crippen LogP contribution in [0, 0.1) is 11.3 Å². The van der Waals surface area contributed by atoms with Gasteiger partial charge in [-0.1, -0.05) is 17.7 Å². The third-order valence-corrected chi connectivity index (χ3v) is 3.45. The van der Waals surface area contributed by atoms with Gasteiger partial charge < -0.3 is 5.11 Å². The highest BCUT2D eigenvalue weighted by Gasteiger charge is 2.15. The Balaban J connectivity index is 2.19. The second-order valence-corrected chi connectivity index (χ2v) is 5.05. The van der Waals surface area contributed by atoms with E-state index in [-0.39, 0.29) is 34.5 Å². The Morgan fingerprint density at radius 1 is 1.54 bits per heavy atom. The molecule has 8 nitrogen and oxygen atoms in total. The average molecular weight is 346 g/mol. The van der Waals surface area contributed by atoms with E-state index in [1.807, 2.05) is 6.07 Å². The van der Waals surface area contributed by atoms with Crippen molar-refractivity contribution in [3.63, 3.8) is 0 Å². The van der Waals surface area contributed by atoms with Crippen LogP contribution >= 0.6 is 11.6 Å². The summed E-state index contributed by atoms with van der Waals surface area (Å²) in [4.78, 5) is 32.3. The number of nitrogens with one attached hydrogen (secondary N) is 1. The van der Waals surface area contributed by atoms with E-state index in [2.05, 4.69) is 15.3 Å². The van der Waals surface area contributed by atoms with E-state index in [1.54, 1.807) is 0 Å². The van der Waals surface area contributed by atoms with Crippen LogP contribution in [0.2, 0.25) is 5.02 Å². The number of carbonyl (C=O) groups excluding carboxylic acids is 2. The Kier molecular flexibility index (Phi) is 5.42. The molecule has 0 unspecified atom stereocenters. The Hall–Kier alpha value is -3.02. The van der Waals surface area contributed by atoms with Gasteiger partial charge in [-0.15, -0.1) is 0 Å². The number of aliphatic hydroxyl groups is 1. The monoisotopic (exact) mass is 345 g/mol. The summed E-state index contributed by atoms with van der Waals surface area (Å²) in [6.07, 6.45) is 1.75. The largest absolute Gasteiger partial charge is 0.392 e. The minimum Gasteiger partial charge on any atom is -0.392 e. The van der Waals surface area contributed by atoms with Gasteiger partial charge in [0.1, 0.15) is 23.4 Å². The van der Waals surface area contributed by atoms with Gasteiger partial charge in [0.25, 0.3) is 0 Å². The lowest BCUT2D eigenvalue weighted by Crippen LogP contribution is -2.32. The van der Waals surface area contributed by atoms with Crippen molar-refractivity contribution in [2.45, 2.75) is 6.61 Å². The number of hydrogen-bond donors (Lipinski definition) is 2. The minimum absolute atomic E-state index is 0.0502. The fourth-order valence-corrected chi connectivity index (χ4v) is 1.99. The molecule has 0 aliphatic rings. The molecule has 122 valence electrons. The summed E-state index contributed by atoms with van der Waals surface area (Å²) in [6, 6.07) is 5.66. The highest BCUT2D eigenvalue weighted by atomic mass is 35.5. The number of halogens is 1. The van der Waals surface area contributed by atoms with Crippen molar-refractivity contribution in [2.75, 3.05) is 17.3 Å². The van der Waals surface area contributed by atoms with E-state index in [0.717, 1.165) is 0 Å². The average Bonchev–Trinajstić information content (AvgIpc) is 2.60. The van der Waals surface area contributed by atoms with Gasteiger partial charge in [0.05, 0.1) is 17.2 Å². The summed E-state index contributed by atoms with van der Waals surface area (Å²) in [5.74, 6) is 0.380.